The number of anilines is 1. The molecule has 0 aliphatic heterocycles. The van der Waals surface area contributed by atoms with E-state index in [1.54, 1.807) is 72.8 Å². The summed E-state index contributed by atoms with van der Waals surface area (Å²) < 4.78 is 0. The zero-order valence-corrected chi connectivity index (χ0v) is 14.8. The molecule has 0 bridgehead atoms. The molecule has 3 aromatic rings. The Labute approximate surface area is 160 Å². The summed E-state index contributed by atoms with van der Waals surface area (Å²) >= 11 is 5.78. The fourth-order valence-corrected chi connectivity index (χ4v) is 2.21. The second-order valence-electron chi connectivity index (χ2n) is 5.42. The summed E-state index contributed by atoms with van der Waals surface area (Å²) in [5, 5.41) is 8.11. The largest absolute Gasteiger partial charge is 0.362 e. The average molecular weight is 380 g/mol. The van der Waals surface area contributed by atoms with Crippen molar-refractivity contribution < 1.29 is 14.4 Å². The Morgan fingerprint density at radius 3 is 2.15 bits per heavy atom. The molecule has 0 aliphatic carbocycles. The molecule has 0 atom stereocenters. The first-order valence-corrected chi connectivity index (χ1v) is 8.33. The van der Waals surface area contributed by atoms with E-state index >= 15 is 0 Å². The van der Waals surface area contributed by atoms with Crippen molar-refractivity contribution in [3.05, 3.63) is 95.0 Å². The minimum atomic E-state index is -0.493. The van der Waals surface area contributed by atoms with Gasteiger partial charge in [-0.1, -0.05) is 29.8 Å². The van der Waals surface area contributed by atoms with Gasteiger partial charge < -0.3 is 4.84 Å². The fraction of sp³-hybridized carbons (Fsp3) is 0. The summed E-state index contributed by atoms with van der Waals surface area (Å²) in [7, 11) is 0. The van der Waals surface area contributed by atoms with Gasteiger partial charge in [-0.2, -0.15) is 0 Å². The van der Waals surface area contributed by atoms with Crippen LogP contribution in [0.4, 0.5) is 11.4 Å². The smallest absolute Gasteiger partial charge is 0.338 e. The van der Waals surface area contributed by atoms with Gasteiger partial charge in [0.1, 0.15) is 0 Å². The van der Waals surface area contributed by atoms with Crippen LogP contribution in [0, 0.1) is 0 Å². The number of benzene rings is 3. The minimum absolute atomic E-state index is 0.397. The van der Waals surface area contributed by atoms with Crippen molar-refractivity contribution in [3.8, 4) is 0 Å². The summed E-state index contributed by atoms with van der Waals surface area (Å²) in [5.74, 6) is -0.960. The number of amides is 1. The lowest BCUT2D eigenvalue weighted by molar-refractivity contribution is 0.0596. The van der Waals surface area contributed by atoms with E-state index in [0.717, 1.165) is 0 Å². The molecular weight excluding hydrogens is 366 g/mol. The van der Waals surface area contributed by atoms with Crippen LogP contribution in [0.3, 0.4) is 0 Å². The standard InChI is InChI=1S/C20H14ClN3O3/c21-16-8-6-14(7-9-16)19(25)23-22-17-10-12-18(13-11-17)24-27-20(26)15-4-2-1-3-5-15/h1-13,24H. The van der Waals surface area contributed by atoms with E-state index in [1.807, 2.05) is 6.07 Å². The van der Waals surface area contributed by atoms with E-state index < -0.39 is 11.9 Å². The first kappa shape index (κ1) is 18.3. The molecule has 3 aromatic carbocycles. The number of halogens is 1. The van der Waals surface area contributed by atoms with Crippen molar-refractivity contribution in [2.24, 2.45) is 10.2 Å². The van der Waals surface area contributed by atoms with Crippen molar-refractivity contribution in [2.75, 3.05) is 5.48 Å². The van der Waals surface area contributed by atoms with Crippen LogP contribution in [0.5, 0.6) is 0 Å². The van der Waals surface area contributed by atoms with E-state index in [9.17, 15) is 9.59 Å². The van der Waals surface area contributed by atoms with E-state index in [4.69, 9.17) is 16.4 Å². The van der Waals surface area contributed by atoms with Gasteiger partial charge in [0.15, 0.2) is 0 Å². The van der Waals surface area contributed by atoms with Crippen molar-refractivity contribution in [1.29, 1.82) is 0 Å². The molecule has 0 saturated carbocycles. The number of azo groups is 1. The predicted octanol–water partition coefficient (Wildman–Crippen LogP) is 5.45. The number of hydrogen-bond donors (Lipinski definition) is 1. The van der Waals surface area contributed by atoms with Crippen LogP contribution in [0.2, 0.25) is 5.02 Å². The number of nitrogens with zero attached hydrogens (tertiary/aromatic N) is 2. The quantitative estimate of drug-likeness (QED) is 0.472. The van der Waals surface area contributed by atoms with Gasteiger partial charge in [0.2, 0.25) is 0 Å². The van der Waals surface area contributed by atoms with Gasteiger partial charge in [0.25, 0.3) is 5.91 Å². The van der Waals surface area contributed by atoms with Crippen molar-refractivity contribution in [2.45, 2.75) is 0 Å². The highest BCUT2D eigenvalue weighted by atomic mass is 35.5. The Morgan fingerprint density at radius 2 is 1.48 bits per heavy atom. The second kappa shape index (κ2) is 8.73. The van der Waals surface area contributed by atoms with Crippen LogP contribution in [-0.2, 0) is 4.84 Å². The lowest BCUT2D eigenvalue weighted by atomic mass is 10.2. The normalized spacial score (nSPS) is 10.6. The molecule has 0 heterocycles. The molecule has 3 rings (SSSR count). The molecular formula is C20H14ClN3O3. The van der Waals surface area contributed by atoms with Crippen molar-refractivity contribution in [3.63, 3.8) is 0 Å². The molecule has 1 N–H and O–H groups in total. The van der Waals surface area contributed by atoms with Gasteiger partial charge in [-0.15, -0.1) is 10.2 Å². The number of nitrogens with one attached hydrogen (secondary N) is 1. The van der Waals surface area contributed by atoms with Gasteiger partial charge in [0.05, 0.1) is 16.9 Å². The number of carbonyl (C=O) groups is 2. The van der Waals surface area contributed by atoms with Crippen LogP contribution >= 0.6 is 11.6 Å². The van der Waals surface area contributed by atoms with Gasteiger partial charge in [0, 0.05) is 10.6 Å². The van der Waals surface area contributed by atoms with Gasteiger partial charge in [-0.3, -0.25) is 4.79 Å². The molecule has 0 saturated heterocycles. The van der Waals surface area contributed by atoms with Gasteiger partial charge in [-0.05, 0) is 60.7 Å². The highest BCUT2D eigenvalue weighted by Crippen LogP contribution is 2.18. The summed E-state index contributed by atoms with van der Waals surface area (Å²) in [6.45, 7) is 0. The molecule has 6 nitrogen and oxygen atoms in total. The zero-order chi connectivity index (χ0) is 19.1. The summed E-state index contributed by atoms with van der Waals surface area (Å²) in [6.07, 6.45) is 0. The average Bonchev–Trinajstić information content (AvgIpc) is 2.72. The first-order chi connectivity index (χ1) is 13.1. The van der Waals surface area contributed by atoms with Gasteiger partial charge in [-0.25, -0.2) is 10.3 Å². The topological polar surface area (TPSA) is 80.1 Å². The molecule has 0 aromatic heterocycles. The lowest BCUT2D eigenvalue weighted by Crippen LogP contribution is -2.10. The predicted molar refractivity (Wildman–Crippen MR) is 102 cm³/mol. The molecule has 1 amide bonds. The van der Waals surface area contributed by atoms with Crippen LogP contribution in [0.15, 0.2) is 89.1 Å². The van der Waals surface area contributed by atoms with E-state index in [0.29, 0.717) is 27.5 Å². The maximum atomic E-state index is 11.9. The Bertz CT molecular complexity index is 956. The molecule has 7 heteroatoms. The van der Waals surface area contributed by atoms with E-state index in [2.05, 4.69) is 15.7 Å². The molecule has 0 fully saturated rings. The minimum Gasteiger partial charge on any atom is -0.338 e. The maximum absolute atomic E-state index is 11.9. The summed E-state index contributed by atoms with van der Waals surface area (Å²) in [4.78, 5) is 28.8. The van der Waals surface area contributed by atoms with Crippen LogP contribution < -0.4 is 5.48 Å². The Balaban J connectivity index is 1.56. The van der Waals surface area contributed by atoms with Crippen molar-refractivity contribution in [1.82, 2.24) is 0 Å². The molecule has 27 heavy (non-hydrogen) atoms. The lowest BCUT2D eigenvalue weighted by Gasteiger charge is -2.06. The number of hydrogen-bond acceptors (Lipinski definition) is 5. The molecule has 0 unspecified atom stereocenters. The van der Waals surface area contributed by atoms with E-state index in [-0.39, 0.29) is 0 Å². The van der Waals surface area contributed by atoms with Gasteiger partial charge >= 0.3 is 5.97 Å². The molecule has 0 radical (unpaired) electrons. The Kier molecular flexibility index (Phi) is 5.91. The molecule has 0 spiro atoms. The highest BCUT2D eigenvalue weighted by molar-refractivity contribution is 6.30. The first-order valence-electron chi connectivity index (χ1n) is 7.96. The van der Waals surface area contributed by atoms with Crippen LogP contribution in [-0.4, -0.2) is 11.9 Å². The SMILES string of the molecule is O=C(N=Nc1ccc(NOC(=O)c2ccccc2)cc1)c1ccc(Cl)cc1. The van der Waals surface area contributed by atoms with E-state index in [1.165, 1.54) is 0 Å². The number of carbonyl (C=O) groups excluding carboxylic acids is 2. The fourth-order valence-electron chi connectivity index (χ4n) is 2.09. The zero-order valence-electron chi connectivity index (χ0n) is 14.0. The monoisotopic (exact) mass is 379 g/mol. The third-order valence-corrected chi connectivity index (χ3v) is 3.74. The van der Waals surface area contributed by atoms with Crippen molar-refractivity contribution >= 4 is 34.9 Å². The molecule has 134 valence electrons. The highest BCUT2D eigenvalue weighted by Gasteiger charge is 2.06. The third kappa shape index (κ3) is 5.23. The Morgan fingerprint density at radius 1 is 0.815 bits per heavy atom. The molecule has 0 aliphatic rings. The summed E-state index contributed by atoms with van der Waals surface area (Å²) in [6, 6.07) is 21.6. The maximum Gasteiger partial charge on any atom is 0.362 e. The summed E-state index contributed by atoms with van der Waals surface area (Å²) in [5.41, 5.74) is 4.44. The number of rotatable bonds is 5. The third-order valence-electron chi connectivity index (χ3n) is 3.49. The van der Waals surface area contributed by atoms with Crippen LogP contribution in [0.25, 0.3) is 0 Å². The van der Waals surface area contributed by atoms with Crippen LogP contribution in [0.1, 0.15) is 20.7 Å². The second-order valence-corrected chi connectivity index (χ2v) is 5.85. The Hall–Kier alpha value is -3.51.